The van der Waals surface area contributed by atoms with Gasteiger partial charge in [-0.05, 0) is 48.6 Å². The SMILES string of the molecule is Cc1cccc(C)c1Nc1nncc(Nc2ccc(C(C)C)cc2)n1. The summed E-state index contributed by atoms with van der Waals surface area (Å²) in [5.41, 5.74) is 5.59. The zero-order chi connectivity index (χ0) is 17.8. The summed E-state index contributed by atoms with van der Waals surface area (Å²) >= 11 is 0. The summed E-state index contributed by atoms with van der Waals surface area (Å²) in [5.74, 6) is 1.64. The van der Waals surface area contributed by atoms with Crippen molar-refractivity contribution in [3.8, 4) is 0 Å². The molecule has 0 atom stereocenters. The third kappa shape index (κ3) is 4.12. The molecule has 3 rings (SSSR count). The molecule has 0 amide bonds. The molecule has 2 N–H and O–H groups in total. The second-order valence-corrected chi connectivity index (χ2v) is 6.46. The van der Waals surface area contributed by atoms with Crippen molar-refractivity contribution >= 4 is 23.1 Å². The van der Waals surface area contributed by atoms with Crippen LogP contribution < -0.4 is 10.6 Å². The lowest BCUT2D eigenvalue weighted by molar-refractivity contribution is 0.867. The molecule has 5 heteroatoms. The van der Waals surface area contributed by atoms with Gasteiger partial charge in [0.15, 0.2) is 5.82 Å². The average molecular weight is 333 g/mol. The minimum Gasteiger partial charge on any atom is -0.339 e. The zero-order valence-electron chi connectivity index (χ0n) is 15.0. The van der Waals surface area contributed by atoms with Crippen molar-refractivity contribution in [2.24, 2.45) is 0 Å². The van der Waals surface area contributed by atoms with E-state index in [4.69, 9.17) is 0 Å². The first-order valence-electron chi connectivity index (χ1n) is 8.43. The van der Waals surface area contributed by atoms with Crippen molar-refractivity contribution in [3.05, 3.63) is 65.4 Å². The van der Waals surface area contributed by atoms with Crippen LogP contribution in [0.1, 0.15) is 36.5 Å². The molecule has 1 aromatic heterocycles. The molecule has 0 fully saturated rings. The number of aromatic nitrogens is 3. The minimum atomic E-state index is 0.473. The lowest BCUT2D eigenvalue weighted by Gasteiger charge is -2.12. The lowest BCUT2D eigenvalue weighted by Crippen LogP contribution is -2.04. The molecule has 0 unspecified atom stereocenters. The second kappa shape index (κ2) is 7.30. The fourth-order valence-electron chi connectivity index (χ4n) is 2.64. The molecule has 0 saturated carbocycles. The average Bonchev–Trinajstić information content (AvgIpc) is 2.59. The van der Waals surface area contributed by atoms with Crippen LogP contribution in [0.5, 0.6) is 0 Å². The molecule has 3 aromatic rings. The van der Waals surface area contributed by atoms with Crippen molar-refractivity contribution in [1.29, 1.82) is 0 Å². The van der Waals surface area contributed by atoms with E-state index in [0.717, 1.165) is 22.5 Å². The molecule has 128 valence electrons. The smallest absolute Gasteiger partial charge is 0.249 e. The van der Waals surface area contributed by atoms with Crippen molar-refractivity contribution in [3.63, 3.8) is 0 Å². The fraction of sp³-hybridized carbons (Fsp3) is 0.250. The number of aryl methyl sites for hydroxylation is 2. The first-order valence-corrected chi connectivity index (χ1v) is 8.43. The zero-order valence-corrected chi connectivity index (χ0v) is 15.0. The summed E-state index contributed by atoms with van der Waals surface area (Å²) in [6.07, 6.45) is 1.62. The number of hydrogen-bond donors (Lipinski definition) is 2. The van der Waals surface area contributed by atoms with E-state index < -0.39 is 0 Å². The highest BCUT2D eigenvalue weighted by Crippen LogP contribution is 2.23. The topological polar surface area (TPSA) is 62.7 Å². The van der Waals surface area contributed by atoms with Crippen molar-refractivity contribution in [1.82, 2.24) is 15.2 Å². The molecule has 5 nitrogen and oxygen atoms in total. The maximum absolute atomic E-state index is 4.51. The maximum Gasteiger partial charge on any atom is 0.249 e. The highest BCUT2D eigenvalue weighted by molar-refractivity contribution is 5.64. The molecule has 2 aromatic carbocycles. The number of hydrogen-bond acceptors (Lipinski definition) is 5. The van der Waals surface area contributed by atoms with Gasteiger partial charge < -0.3 is 10.6 Å². The van der Waals surface area contributed by atoms with Gasteiger partial charge in [0.1, 0.15) is 0 Å². The molecule has 0 radical (unpaired) electrons. The minimum absolute atomic E-state index is 0.473. The van der Waals surface area contributed by atoms with Crippen LogP contribution in [0, 0.1) is 13.8 Å². The van der Waals surface area contributed by atoms with E-state index in [-0.39, 0.29) is 0 Å². The summed E-state index contributed by atoms with van der Waals surface area (Å²) in [5, 5.41) is 14.7. The van der Waals surface area contributed by atoms with E-state index >= 15 is 0 Å². The predicted molar refractivity (Wildman–Crippen MR) is 103 cm³/mol. The van der Waals surface area contributed by atoms with E-state index in [0.29, 0.717) is 17.7 Å². The summed E-state index contributed by atoms with van der Waals surface area (Å²) in [4.78, 5) is 4.51. The van der Waals surface area contributed by atoms with Crippen molar-refractivity contribution in [2.75, 3.05) is 10.6 Å². The molecule has 0 aliphatic rings. The van der Waals surface area contributed by atoms with Crippen LogP contribution in [0.2, 0.25) is 0 Å². The maximum atomic E-state index is 4.51. The van der Waals surface area contributed by atoms with Crippen LogP contribution in [-0.2, 0) is 0 Å². The first kappa shape index (κ1) is 16.9. The van der Waals surface area contributed by atoms with E-state index in [1.165, 1.54) is 5.56 Å². The molecule has 0 aliphatic carbocycles. The van der Waals surface area contributed by atoms with Crippen LogP contribution in [0.25, 0.3) is 0 Å². The van der Waals surface area contributed by atoms with E-state index in [2.05, 4.69) is 89.9 Å². The molecular weight excluding hydrogens is 310 g/mol. The van der Waals surface area contributed by atoms with Gasteiger partial charge in [-0.3, -0.25) is 0 Å². The number of nitrogens with zero attached hydrogens (tertiary/aromatic N) is 3. The molecule has 0 bridgehead atoms. The van der Waals surface area contributed by atoms with Gasteiger partial charge in [-0.2, -0.15) is 10.1 Å². The van der Waals surface area contributed by atoms with Crippen LogP contribution in [0.15, 0.2) is 48.7 Å². The number of para-hydroxylation sites is 1. The Morgan fingerprint density at radius 2 is 1.56 bits per heavy atom. The number of nitrogens with one attached hydrogen (secondary N) is 2. The normalized spacial score (nSPS) is 10.8. The standard InChI is InChI=1S/C20H23N5/c1-13(2)16-8-10-17(11-9-16)22-18-12-21-25-20(23-18)24-19-14(3)6-5-7-15(19)4/h5-13H,1-4H3,(H2,22,23,24,25). The van der Waals surface area contributed by atoms with E-state index in [1.54, 1.807) is 6.20 Å². The third-order valence-electron chi connectivity index (χ3n) is 4.13. The predicted octanol–water partition coefficient (Wildman–Crippen LogP) is 5.10. The summed E-state index contributed by atoms with van der Waals surface area (Å²) < 4.78 is 0. The Balaban J connectivity index is 1.77. The van der Waals surface area contributed by atoms with Crippen molar-refractivity contribution < 1.29 is 0 Å². The second-order valence-electron chi connectivity index (χ2n) is 6.46. The molecule has 1 heterocycles. The summed E-state index contributed by atoms with van der Waals surface area (Å²) in [7, 11) is 0. The monoisotopic (exact) mass is 333 g/mol. The highest BCUT2D eigenvalue weighted by Gasteiger charge is 2.06. The summed E-state index contributed by atoms with van der Waals surface area (Å²) in [6.45, 7) is 8.48. The van der Waals surface area contributed by atoms with Crippen LogP contribution >= 0.6 is 0 Å². The molecule has 0 spiro atoms. The number of benzene rings is 2. The van der Waals surface area contributed by atoms with Gasteiger partial charge in [0.25, 0.3) is 0 Å². The first-order chi connectivity index (χ1) is 12.0. The Bertz CT molecular complexity index is 836. The lowest BCUT2D eigenvalue weighted by atomic mass is 10.0. The van der Waals surface area contributed by atoms with Gasteiger partial charge in [-0.15, -0.1) is 5.10 Å². The Labute approximate surface area is 148 Å². The van der Waals surface area contributed by atoms with Gasteiger partial charge in [0.05, 0.1) is 6.20 Å². The Hall–Kier alpha value is -2.95. The number of rotatable bonds is 5. The van der Waals surface area contributed by atoms with Gasteiger partial charge in [0, 0.05) is 11.4 Å². The molecule has 25 heavy (non-hydrogen) atoms. The van der Waals surface area contributed by atoms with Gasteiger partial charge in [-0.1, -0.05) is 44.2 Å². The molecule has 0 saturated heterocycles. The largest absolute Gasteiger partial charge is 0.339 e. The highest BCUT2D eigenvalue weighted by atomic mass is 15.3. The van der Waals surface area contributed by atoms with Crippen LogP contribution in [0.4, 0.5) is 23.1 Å². The van der Waals surface area contributed by atoms with Gasteiger partial charge in [0.2, 0.25) is 5.95 Å². The Morgan fingerprint density at radius 3 is 2.20 bits per heavy atom. The van der Waals surface area contributed by atoms with Crippen LogP contribution in [0.3, 0.4) is 0 Å². The Kier molecular flexibility index (Phi) is 4.93. The third-order valence-corrected chi connectivity index (χ3v) is 4.13. The van der Waals surface area contributed by atoms with Crippen molar-refractivity contribution in [2.45, 2.75) is 33.6 Å². The Morgan fingerprint density at radius 1 is 0.880 bits per heavy atom. The fourth-order valence-corrected chi connectivity index (χ4v) is 2.64. The van der Waals surface area contributed by atoms with E-state index in [1.807, 2.05) is 6.07 Å². The summed E-state index contributed by atoms with van der Waals surface area (Å²) in [6, 6.07) is 14.5. The quantitative estimate of drug-likeness (QED) is 0.680. The van der Waals surface area contributed by atoms with E-state index in [9.17, 15) is 0 Å². The molecule has 0 aliphatic heterocycles. The number of anilines is 4. The van der Waals surface area contributed by atoms with Gasteiger partial charge in [-0.25, -0.2) is 0 Å². The van der Waals surface area contributed by atoms with Gasteiger partial charge >= 0.3 is 0 Å². The van der Waals surface area contributed by atoms with Crippen LogP contribution in [-0.4, -0.2) is 15.2 Å². The molecular formula is C20H23N5.